The van der Waals surface area contributed by atoms with Crippen LogP contribution in [0.15, 0.2) is 48.6 Å². The Morgan fingerprint density at radius 1 is 1.00 bits per heavy atom. The molecule has 0 rings (SSSR count). The van der Waals surface area contributed by atoms with Crippen LogP contribution in [0.2, 0.25) is 0 Å². The molecule has 0 heterocycles. The van der Waals surface area contributed by atoms with Gasteiger partial charge in [-0.3, -0.25) is 0 Å². The molecule has 0 aliphatic rings. The van der Waals surface area contributed by atoms with Gasteiger partial charge >= 0.3 is 0 Å². The van der Waals surface area contributed by atoms with Crippen molar-refractivity contribution in [2.45, 2.75) is 27.7 Å². The largest absolute Gasteiger partial charge is 0.0988 e. The fourth-order valence-electron chi connectivity index (χ4n) is 0.913. The van der Waals surface area contributed by atoms with Gasteiger partial charge in [-0.15, -0.1) is 0 Å². The number of hydrogen-bond acceptors (Lipinski definition) is 0. The summed E-state index contributed by atoms with van der Waals surface area (Å²) in [5.41, 5.74) is 2.58. The van der Waals surface area contributed by atoms with Gasteiger partial charge in [0, 0.05) is 0 Å². The summed E-state index contributed by atoms with van der Waals surface area (Å²) in [7, 11) is 0. The summed E-state index contributed by atoms with van der Waals surface area (Å²) in [4.78, 5) is 0. The molecular formula is C13H20. The van der Waals surface area contributed by atoms with Crippen molar-refractivity contribution in [3.8, 4) is 0 Å². The van der Waals surface area contributed by atoms with Crippen molar-refractivity contribution >= 4 is 0 Å². The molecule has 0 N–H and O–H groups in total. The monoisotopic (exact) mass is 176 g/mol. The molecule has 0 bridgehead atoms. The second-order valence-electron chi connectivity index (χ2n) is 4.19. The zero-order valence-corrected chi connectivity index (χ0v) is 9.22. The summed E-state index contributed by atoms with van der Waals surface area (Å²) < 4.78 is 0. The molecule has 0 atom stereocenters. The van der Waals surface area contributed by atoms with Gasteiger partial charge in [-0.1, -0.05) is 63.8 Å². The van der Waals surface area contributed by atoms with E-state index in [1.165, 1.54) is 11.1 Å². The first kappa shape index (κ1) is 12.0. The Hall–Kier alpha value is -1.04. The summed E-state index contributed by atoms with van der Waals surface area (Å²) in [5, 5.41) is 0. The lowest BCUT2D eigenvalue weighted by Crippen LogP contribution is -2.06. The Bertz CT molecular complexity index is 244. The van der Waals surface area contributed by atoms with Gasteiger partial charge in [-0.2, -0.15) is 0 Å². The lowest BCUT2D eigenvalue weighted by atomic mass is 9.86. The Kier molecular flexibility index (Phi) is 4.47. The molecule has 0 aromatic carbocycles. The standard InChI is InChI=1S/C13H20/c1-7-11(3)9-10-12(8-2)13(4,5)6/h7-10H,1-2H2,3-6H3/b11-9-,12-10+. The quantitative estimate of drug-likeness (QED) is 0.563. The van der Waals surface area contributed by atoms with Crippen LogP contribution in [0, 0.1) is 5.41 Å². The molecule has 0 unspecified atom stereocenters. The van der Waals surface area contributed by atoms with Crippen LogP contribution in [-0.2, 0) is 0 Å². The van der Waals surface area contributed by atoms with Crippen molar-refractivity contribution in [2.24, 2.45) is 5.41 Å². The molecule has 0 saturated heterocycles. The zero-order chi connectivity index (χ0) is 10.5. The summed E-state index contributed by atoms with van der Waals surface area (Å²) in [6.07, 6.45) is 7.92. The van der Waals surface area contributed by atoms with Gasteiger partial charge in [0.05, 0.1) is 0 Å². The fraction of sp³-hybridized carbons (Fsp3) is 0.385. The zero-order valence-electron chi connectivity index (χ0n) is 9.22. The van der Waals surface area contributed by atoms with E-state index in [0.717, 1.165) is 0 Å². The van der Waals surface area contributed by atoms with Crippen LogP contribution in [0.3, 0.4) is 0 Å². The van der Waals surface area contributed by atoms with E-state index in [0.29, 0.717) is 0 Å². The van der Waals surface area contributed by atoms with E-state index in [2.05, 4.69) is 46.1 Å². The van der Waals surface area contributed by atoms with Crippen molar-refractivity contribution in [3.63, 3.8) is 0 Å². The topological polar surface area (TPSA) is 0 Å². The molecule has 0 aromatic heterocycles. The Morgan fingerprint density at radius 2 is 1.54 bits per heavy atom. The summed E-state index contributed by atoms with van der Waals surface area (Å²) in [5.74, 6) is 0. The highest BCUT2D eigenvalue weighted by molar-refractivity contribution is 5.30. The first-order valence-electron chi connectivity index (χ1n) is 4.55. The van der Waals surface area contributed by atoms with Crippen LogP contribution >= 0.6 is 0 Å². The third-order valence-electron chi connectivity index (χ3n) is 1.93. The van der Waals surface area contributed by atoms with Crippen LogP contribution < -0.4 is 0 Å². The highest BCUT2D eigenvalue weighted by Gasteiger charge is 2.12. The number of allylic oxidation sites excluding steroid dienone is 6. The van der Waals surface area contributed by atoms with E-state index in [4.69, 9.17) is 0 Å². The van der Waals surface area contributed by atoms with E-state index >= 15 is 0 Å². The highest BCUT2D eigenvalue weighted by atomic mass is 14.2. The van der Waals surface area contributed by atoms with Gasteiger partial charge in [0.15, 0.2) is 0 Å². The molecule has 0 saturated carbocycles. The molecule has 0 radical (unpaired) electrons. The molecule has 0 aliphatic heterocycles. The maximum atomic E-state index is 3.81. The molecule has 0 amide bonds. The maximum Gasteiger partial charge on any atom is -0.0132 e. The molecule has 0 aromatic rings. The van der Waals surface area contributed by atoms with Gasteiger partial charge in [0.1, 0.15) is 0 Å². The number of rotatable bonds is 3. The lowest BCUT2D eigenvalue weighted by molar-refractivity contribution is 0.517. The van der Waals surface area contributed by atoms with Crippen molar-refractivity contribution in [2.75, 3.05) is 0 Å². The van der Waals surface area contributed by atoms with E-state index in [1.54, 1.807) is 0 Å². The third kappa shape index (κ3) is 4.51. The van der Waals surface area contributed by atoms with Gasteiger partial charge in [-0.25, -0.2) is 0 Å². The lowest BCUT2D eigenvalue weighted by Gasteiger charge is -2.19. The van der Waals surface area contributed by atoms with Gasteiger partial charge < -0.3 is 0 Å². The fourth-order valence-corrected chi connectivity index (χ4v) is 0.913. The molecule has 0 heteroatoms. The van der Waals surface area contributed by atoms with Crippen LogP contribution in [0.1, 0.15) is 27.7 Å². The molecule has 0 nitrogen and oxygen atoms in total. The smallest absolute Gasteiger partial charge is 0.0132 e. The van der Waals surface area contributed by atoms with Crippen LogP contribution in [0.25, 0.3) is 0 Å². The van der Waals surface area contributed by atoms with E-state index in [9.17, 15) is 0 Å². The second kappa shape index (κ2) is 4.86. The van der Waals surface area contributed by atoms with Crippen molar-refractivity contribution in [3.05, 3.63) is 48.6 Å². The molecule has 13 heavy (non-hydrogen) atoms. The first-order chi connectivity index (χ1) is 5.91. The average molecular weight is 176 g/mol. The number of hydrogen-bond donors (Lipinski definition) is 0. The van der Waals surface area contributed by atoms with Crippen molar-refractivity contribution in [1.29, 1.82) is 0 Å². The van der Waals surface area contributed by atoms with Crippen molar-refractivity contribution < 1.29 is 0 Å². The predicted octanol–water partition coefficient (Wildman–Crippen LogP) is 4.28. The summed E-state index contributed by atoms with van der Waals surface area (Å²) in [6.45, 7) is 16.1. The first-order valence-corrected chi connectivity index (χ1v) is 4.55. The Balaban J connectivity index is 4.79. The van der Waals surface area contributed by atoms with Crippen molar-refractivity contribution in [1.82, 2.24) is 0 Å². The average Bonchev–Trinajstić information content (AvgIpc) is 2.02. The van der Waals surface area contributed by atoms with Gasteiger partial charge in [0.25, 0.3) is 0 Å². The maximum absolute atomic E-state index is 3.81. The summed E-state index contributed by atoms with van der Waals surface area (Å²) in [6, 6.07) is 0. The minimum absolute atomic E-state index is 0.166. The molecular weight excluding hydrogens is 156 g/mol. The Morgan fingerprint density at radius 3 is 1.85 bits per heavy atom. The molecule has 0 fully saturated rings. The minimum Gasteiger partial charge on any atom is -0.0988 e. The van der Waals surface area contributed by atoms with Gasteiger partial charge in [0.2, 0.25) is 0 Å². The molecule has 72 valence electrons. The molecule has 0 spiro atoms. The third-order valence-corrected chi connectivity index (χ3v) is 1.93. The van der Waals surface area contributed by atoms with Crippen LogP contribution in [0.4, 0.5) is 0 Å². The SMILES string of the molecule is C=C/C(C)=C\C=C(/C=C)C(C)(C)C. The predicted molar refractivity (Wildman–Crippen MR) is 61.7 cm³/mol. The van der Waals surface area contributed by atoms with E-state index in [-0.39, 0.29) is 5.41 Å². The Labute approximate surface area is 82.4 Å². The van der Waals surface area contributed by atoms with E-state index in [1.807, 2.05) is 19.1 Å². The summed E-state index contributed by atoms with van der Waals surface area (Å²) >= 11 is 0. The normalized spacial score (nSPS) is 14.2. The van der Waals surface area contributed by atoms with Gasteiger partial charge in [-0.05, 0) is 17.9 Å². The highest BCUT2D eigenvalue weighted by Crippen LogP contribution is 2.25. The van der Waals surface area contributed by atoms with E-state index < -0.39 is 0 Å². The second-order valence-corrected chi connectivity index (χ2v) is 4.19. The minimum atomic E-state index is 0.166. The van der Waals surface area contributed by atoms with Crippen LogP contribution in [-0.4, -0.2) is 0 Å². The molecule has 0 aliphatic carbocycles. The van der Waals surface area contributed by atoms with Crippen LogP contribution in [0.5, 0.6) is 0 Å².